The molecule has 0 aromatic carbocycles. The predicted octanol–water partition coefficient (Wildman–Crippen LogP) is 2.89. The second-order valence-corrected chi connectivity index (χ2v) is 5.69. The Morgan fingerprint density at radius 2 is 2.00 bits per heavy atom. The lowest BCUT2D eigenvalue weighted by Crippen LogP contribution is -2.34. The Kier molecular flexibility index (Phi) is 10.2. The molecule has 0 aromatic rings. The zero-order chi connectivity index (χ0) is 17.1. The second kappa shape index (κ2) is 11.0. The van der Waals surface area contributed by atoms with E-state index >= 15 is 0 Å². The summed E-state index contributed by atoms with van der Waals surface area (Å²) in [6.07, 6.45) is 4.99. The summed E-state index contributed by atoms with van der Waals surface area (Å²) in [6, 6.07) is 0. The number of nitrogens with zero attached hydrogens (tertiary/aromatic N) is 2. The lowest BCUT2D eigenvalue weighted by atomic mass is 9.99. The fourth-order valence-corrected chi connectivity index (χ4v) is 2.38. The molecule has 0 aliphatic carbocycles. The molecule has 0 radical (unpaired) electrons. The summed E-state index contributed by atoms with van der Waals surface area (Å²) < 4.78 is 0. The van der Waals surface area contributed by atoms with Crippen LogP contribution < -0.4 is 11.5 Å². The Bertz CT molecular complexity index is 417. The number of hydrogen-bond donors (Lipinski definition) is 3. The third-order valence-electron chi connectivity index (χ3n) is 3.78. The molecule has 0 spiro atoms. The first-order chi connectivity index (χ1) is 10.4. The maximum absolute atomic E-state index is 7.81. The fourth-order valence-electron chi connectivity index (χ4n) is 2.38. The molecule has 0 bridgehead atoms. The van der Waals surface area contributed by atoms with Gasteiger partial charge in [-0.3, -0.25) is 4.99 Å². The van der Waals surface area contributed by atoms with Crippen LogP contribution in [-0.2, 0) is 0 Å². The Morgan fingerprint density at radius 3 is 2.41 bits per heavy atom. The SMILES string of the molecule is C=C(N)N(C/C(N=CC)=C(\C)C(C)=N)CC(CCC)CCN. The zero-order valence-corrected chi connectivity index (χ0v) is 14.7. The second-order valence-electron chi connectivity index (χ2n) is 5.69. The van der Waals surface area contributed by atoms with Gasteiger partial charge in [0.05, 0.1) is 18.1 Å². The van der Waals surface area contributed by atoms with Crippen molar-refractivity contribution in [1.29, 1.82) is 5.41 Å². The molecule has 1 unspecified atom stereocenters. The van der Waals surface area contributed by atoms with E-state index in [1.807, 2.05) is 18.7 Å². The van der Waals surface area contributed by atoms with Gasteiger partial charge < -0.3 is 21.8 Å². The number of hydrogen-bond acceptors (Lipinski definition) is 5. The maximum Gasteiger partial charge on any atom is 0.0915 e. The van der Waals surface area contributed by atoms with Gasteiger partial charge in [-0.2, -0.15) is 0 Å². The van der Waals surface area contributed by atoms with E-state index in [-0.39, 0.29) is 0 Å². The topological polar surface area (TPSA) is 91.5 Å². The molecule has 0 aliphatic rings. The first-order valence-corrected chi connectivity index (χ1v) is 8.00. The van der Waals surface area contributed by atoms with Crippen LogP contribution in [0.25, 0.3) is 0 Å². The molecular formula is C17H33N5. The van der Waals surface area contributed by atoms with Crippen LogP contribution in [0.5, 0.6) is 0 Å². The van der Waals surface area contributed by atoms with Gasteiger partial charge in [0.2, 0.25) is 0 Å². The van der Waals surface area contributed by atoms with Crippen molar-refractivity contribution in [2.45, 2.75) is 47.0 Å². The summed E-state index contributed by atoms with van der Waals surface area (Å²) in [7, 11) is 0. The third-order valence-corrected chi connectivity index (χ3v) is 3.78. The van der Waals surface area contributed by atoms with E-state index in [0.717, 1.165) is 37.1 Å². The highest BCUT2D eigenvalue weighted by molar-refractivity contribution is 5.96. The molecule has 22 heavy (non-hydrogen) atoms. The van der Waals surface area contributed by atoms with Crippen molar-refractivity contribution in [2.75, 3.05) is 19.6 Å². The summed E-state index contributed by atoms with van der Waals surface area (Å²) in [5.74, 6) is 1.04. The molecule has 0 saturated heterocycles. The molecular weight excluding hydrogens is 274 g/mol. The Labute approximate surface area is 135 Å². The maximum atomic E-state index is 7.81. The van der Waals surface area contributed by atoms with Crippen LogP contribution in [0.4, 0.5) is 0 Å². The molecule has 5 N–H and O–H groups in total. The summed E-state index contributed by atoms with van der Waals surface area (Å²) in [5, 5.41) is 7.81. The predicted molar refractivity (Wildman–Crippen MR) is 97.2 cm³/mol. The number of aliphatic imine (C=N–C) groups is 1. The molecule has 126 valence electrons. The number of rotatable bonds is 11. The average molecular weight is 307 g/mol. The van der Waals surface area contributed by atoms with E-state index in [2.05, 4.69) is 18.5 Å². The van der Waals surface area contributed by atoms with E-state index in [9.17, 15) is 0 Å². The van der Waals surface area contributed by atoms with Gasteiger partial charge >= 0.3 is 0 Å². The van der Waals surface area contributed by atoms with Crippen molar-refractivity contribution in [3.63, 3.8) is 0 Å². The largest absolute Gasteiger partial charge is 0.386 e. The van der Waals surface area contributed by atoms with E-state index in [1.165, 1.54) is 0 Å². The summed E-state index contributed by atoms with van der Waals surface area (Å²) >= 11 is 0. The fraction of sp³-hybridized carbons (Fsp3) is 0.647. The molecule has 0 heterocycles. The highest BCUT2D eigenvalue weighted by Crippen LogP contribution is 2.17. The smallest absolute Gasteiger partial charge is 0.0915 e. The van der Waals surface area contributed by atoms with Crippen LogP contribution >= 0.6 is 0 Å². The van der Waals surface area contributed by atoms with Crippen LogP contribution in [0.3, 0.4) is 0 Å². The highest BCUT2D eigenvalue weighted by atomic mass is 15.2. The van der Waals surface area contributed by atoms with E-state index in [0.29, 0.717) is 30.5 Å². The van der Waals surface area contributed by atoms with Crippen molar-refractivity contribution in [1.82, 2.24) is 4.90 Å². The molecule has 0 saturated carbocycles. The monoisotopic (exact) mass is 307 g/mol. The lowest BCUT2D eigenvalue weighted by molar-refractivity contribution is 0.279. The van der Waals surface area contributed by atoms with Gasteiger partial charge in [-0.05, 0) is 51.6 Å². The molecule has 0 aliphatic heterocycles. The Hall–Kier alpha value is -1.62. The normalized spacial score (nSPS) is 13.9. The molecule has 0 rings (SSSR count). The van der Waals surface area contributed by atoms with Gasteiger partial charge in [-0.15, -0.1) is 0 Å². The quantitative estimate of drug-likeness (QED) is 0.512. The molecule has 0 fully saturated rings. The van der Waals surface area contributed by atoms with Crippen molar-refractivity contribution < 1.29 is 0 Å². The van der Waals surface area contributed by atoms with Gasteiger partial charge in [-0.1, -0.05) is 19.9 Å². The molecule has 0 aromatic heterocycles. The van der Waals surface area contributed by atoms with Crippen molar-refractivity contribution in [2.24, 2.45) is 22.4 Å². The minimum atomic E-state index is 0.503. The molecule has 5 nitrogen and oxygen atoms in total. The van der Waals surface area contributed by atoms with Crippen LogP contribution in [0.1, 0.15) is 47.0 Å². The minimum absolute atomic E-state index is 0.503. The van der Waals surface area contributed by atoms with Gasteiger partial charge in [0, 0.05) is 18.5 Å². The third kappa shape index (κ3) is 7.41. The van der Waals surface area contributed by atoms with Gasteiger partial charge in [0.1, 0.15) is 0 Å². The highest BCUT2D eigenvalue weighted by Gasteiger charge is 2.16. The van der Waals surface area contributed by atoms with E-state index < -0.39 is 0 Å². The minimum Gasteiger partial charge on any atom is -0.386 e. The van der Waals surface area contributed by atoms with Crippen LogP contribution in [0, 0.1) is 11.3 Å². The van der Waals surface area contributed by atoms with Gasteiger partial charge in [0.15, 0.2) is 0 Å². The zero-order valence-electron chi connectivity index (χ0n) is 14.7. The van der Waals surface area contributed by atoms with Crippen molar-refractivity contribution in [3.05, 3.63) is 23.7 Å². The first-order valence-electron chi connectivity index (χ1n) is 8.00. The Balaban J connectivity index is 5.19. The lowest BCUT2D eigenvalue weighted by Gasteiger charge is -2.29. The Morgan fingerprint density at radius 1 is 1.36 bits per heavy atom. The molecule has 0 amide bonds. The molecule has 1 atom stereocenters. The molecule has 5 heteroatoms. The summed E-state index contributed by atoms with van der Waals surface area (Å²) in [6.45, 7) is 13.7. The standard InChI is InChI=1S/C17H33N5/c1-6-8-16(9-10-18)11-22(15(5)20)12-17(21-7-2)13(3)14(4)19/h7,16,19H,5-6,8-12,18,20H2,1-4H3/b17-13-,19-14?,21-7?. The van der Waals surface area contributed by atoms with Crippen molar-refractivity contribution >= 4 is 11.9 Å². The van der Waals surface area contributed by atoms with Crippen LogP contribution in [0.15, 0.2) is 28.7 Å². The van der Waals surface area contributed by atoms with Crippen LogP contribution in [0.2, 0.25) is 0 Å². The first kappa shape index (κ1) is 20.4. The van der Waals surface area contributed by atoms with Crippen molar-refractivity contribution in [3.8, 4) is 0 Å². The van der Waals surface area contributed by atoms with Crippen LogP contribution in [-0.4, -0.2) is 36.5 Å². The summed E-state index contributed by atoms with van der Waals surface area (Å²) in [4.78, 5) is 6.46. The van der Waals surface area contributed by atoms with E-state index in [1.54, 1.807) is 13.1 Å². The van der Waals surface area contributed by atoms with Gasteiger partial charge in [0.25, 0.3) is 0 Å². The number of nitrogens with two attached hydrogens (primary N) is 2. The van der Waals surface area contributed by atoms with Gasteiger partial charge in [-0.25, -0.2) is 0 Å². The average Bonchev–Trinajstić information content (AvgIpc) is 2.45. The number of allylic oxidation sites excluding steroid dienone is 1. The van der Waals surface area contributed by atoms with E-state index in [4.69, 9.17) is 16.9 Å². The summed E-state index contributed by atoms with van der Waals surface area (Å²) in [5.41, 5.74) is 14.0. The number of nitrogens with one attached hydrogen (secondary N) is 1.